The topological polar surface area (TPSA) is 58.6 Å². The summed E-state index contributed by atoms with van der Waals surface area (Å²) in [6, 6.07) is 8.22. The largest absolute Gasteiger partial charge is 0.374 e. The first kappa shape index (κ1) is 24.7. The molecule has 1 aliphatic carbocycles. The second kappa shape index (κ2) is 9.18. The number of alkyl halides is 3. The van der Waals surface area contributed by atoms with Gasteiger partial charge in [0, 0.05) is 30.2 Å². The van der Waals surface area contributed by atoms with E-state index in [2.05, 4.69) is 5.32 Å². The van der Waals surface area contributed by atoms with Crippen molar-refractivity contribution in [1.29, 1.82) is 0 Å². The van der Waals surface area contributed by atoms with Gasteiger partial charge >= 0.3 is 0 Å². The molecule has 2 heterocycles. The molecule has 0 aromatic heterocycles. The molecule has 36 heavy (non-hydrogen) atoms. The molecule has 0 bridgehead atoms. The molecular formula is C27H28F4N2O3. The zero-order valence-corrected chi connectivity index (χ0v) is 19.9. The van der Waals surface area contributed by atoms with Crippen molar-refractivity contribution in [3.05, 3.63) is 70.5 Å². The Morgan fingerprint density at radius 2 is 1.89 bits per heavy atom. The van der Waals surface area contributed by atoms with E-state index in [1.165, 1.54) is 23.1 Å². The number of nitrogens with zero attached hydrogens (tertiary/aromatic N) is 1. The SMILES string of the molecule is CC(F)(F)c1ccc([C@H](NC(=O)[C@H]2CCCN2C(=O)c2cccc(C3(F)COC3)c2)C2CC2)c(F)c1. The molecule has 2 aliphatic heterocycles. The Morgan fingerprint density at radius 3 is 2.50 bits per heavy atom. The maximum Gasteiger partial charge on any atom is 0.270 e. The van der Waals surface area contributed by atoms with E-state index >= 15 is 0 Å². The molecule has 0 radical (unpaired) electrons. The van der Waals surface area contributed by atoms with Crippen molar-refractivity contribution in [2.24, 2.45) is 5.92 Å². The Labute approximate surface area is 206 Å². The minimum Gasteiger partial charge on any atom is -0.374 e. The highest BCUT2D eigenvalue weighted by atomic mass is 19.3. The number of halogens is 4. The molecule has 2 amide bonds. The number of carbonyl (C=O) groups excluding carboxylic acids is 2. The van der Waals surface area contributed by atoms with Crippen LogP contribution in [0, 0.1) is 11.7 Å². The lowest BCUT2D eigenvalue weighted by Crippen LogP contribution is -2.47. The van der Waals surface area contributed by atoms with Crippen LogP contribution in [0.25, 0.3) is 0 Å². The van der Waals surface area contributed by atoms with Crippen LogP contribution in [0.15, 0.2) is 42.5 Å². The highest BCUT2D eigenvalue weighted by Gasteiger charge is 2.42. The van der Waals surface area contributed by atoms with E-state index < -0.39 is 41.0 Å². The van der Waals surface area contributed by atoms with E-state index in [0.717, 1.165) is 18.9 Å². The lowest BCUT2D eigenvalue weighted by molar-refractivity contribution is -0.135. The number of hydrogen-bond acceptors (Lipinski definition) is 3. The summed E-state index contributed by atoms with van der Waals surface area (Å²) in [5.74, 6) is -4.74. The van der Waals surface area contributed by atoms with E-state index in [-0.39, 0.29) is 36.2 Å². The molecular weight excluding hydrogens is 476 g/mol. The van der Waals surface area contributed by atoms with E-state index in [0.29, 0.717) is 31.9 Å². The summed E-state index contributed by atoms with van der Waals surface area (Å²) >= 11 is 0. The minimum absolute atomic E-state index is 0.00381. The fourth-order valence-corrected chi connectivity index (χ4v) is 5.01. The zero-order chi connectivity index (χ0) is 25.7. The van der Waals surface area contributed by atoms with Gasteiger partial charge < -0.3 is 15.0 Å². The number of carbonyl (C=O) groups is 2. The standard InChI is InChI=1S/C27H28F4N2O3/c1-26(29,30)18-9-10-20(21(28)13-18)23(16-7-8-16)32-24(34)22-6-3-11-33(22)25(35)17-4-2-5-19(12-17)27(31)14-36-15-27/h2,4-5,9-10,12-13,16,22-23H,3,6-8,11,14-15H2,1H3,(H,32,34)/t22-,23-/m1/s1. The molecule has 1 N–H and O–H groups in total. The molecule has 5 rings (SSSR count). The van der Waals surface area contributed by atoms with Gasteiger partial charge in [-0.25, -0.2) is 17.6 Å². The van der Waals surface area contributed by atoms with Gasteiger partial charge in [0.15, 0.2) is 5.67 Å². The van der Waals surface area contributed by atoms with Crippen molar-refractivity contribution in [1.82, 2.24) is 10.2 Å². The Hall–Kier alpha value is -2.94. The molecule has 5 nitrogen and oxygen atoms in total. The van der Waals surface area contributed by atoms with Crippen molar-refractivity contribution in [3.63, 3.8) is 0 Å². The first-order valence-corrected chi connectivity index (χ1v) is 12.2. The van der Waals surface area contributed by atoms with Gasteiger partial charge in [0.2, 0.25) is 5.91 Å². The van der Waals surface area contributed by atoms with Crippen LogP contribution in [0.4, 0.5) is 17.6 Å². The number of hydrogen-bond donors (Lipinski definition) is 1. The van der Waals surface area contributed by atoms with Crippen molar-refractivity contribution >= 4 is 11.8 Å². The van der Waals surface area contributed by atoms with E-state index in [4.69, 9.17) is 4.74 Å². The van der Waals surface area contributed by atoms with Crippen LogP contribution in [0.2, 0.25) is 0 Å². The van der Waals surface area contributed by atoms with E-state index in [1.54, 1.807) is 18.2 Å². The fraction of sp³-hybridized carbons (Fsp3) is 0.481. The number of rotatable bonds is 7. The third-order valence-electron chi connectivity index (χ3n) is 7.34. The maximum atomic E-state index is 14.9. The molecule has 192 valence electrons. The fourth-order valence-electron chi connectivity index (χ4n) is 5.01. The van der Waals surface area contributed by atoms with Crippen LogP contribution in [0.1, 0.15) is 65.7 Å². The zero-order valence-electron chi connectivity index (χ0n) is 19.9. The highest BCUT2D eigenvalue weighted by molar-refractivity contribution is 5.98. The van der Waals surface area contributed by atoms with Gasteiger partial charge in [0.05, 0.1) is 19.3 Å². The number of nitrogens with one attached hydrogen (secondary N) is 1. The maximum absolute atomic E-state index is 14.9. The van der Waals surface area contributed by atoms with E-state index in [1.807, 2.05) is 0 Å². The molecule has 3 aliphatic rings. The molecule has 2 atom stereocenters. The van der Waals surface area contributed by atoms with Gasteiger partial charge in [0.25, 0.3) is 11.8 Å². The number of amides is 2. The van der Waals surface area contributed by atoms with Crippen LogP contribution in [0.3, 0.4) is 0 Å². The van der Waals surface area contributed by atoms with Crippen molar-refractivity contribution in [3.8, 4) is 0 Å². The molecule has 2 aromatic rings. The summed E-state index contributed by atoms with van der Waals surface area (Å²) in [6.07, 6.45) is 2.63. The predicted molar refractivity (Wildman–Crippen MR) is 124 cm³/mol. The Kier molecular flexibility index (Phi) is 6.31. The van der Waals surface area contributed by atoms with Gasteiger partial charge in [-0.2, -0.15) is 0 Å². The second-order valence-corrected chi connectivity index (χ2v) is 10.1. The first-order chi connectivity index (χ1) is 17.1. The summed E-state index contributed by atoms with van der Waals surface area (Å²) < 4.78 is 61.9. The molecule has 9 heteroatoms. The second-order valence-electron chi connectivity index (χ2n) is 10.1. The number of ether oxygens (including phenoxy) is 1. The van der Waals surface area contributed by atoms with Gasteiger partial charge in [-0.3, -0.25) is 9.59 Å². The summed E-state index contributed by atoms with van der Waals surface area (Å²) in [4.78, 5) is 28.1. The third kappa shape index (κ3) is 4.73. The Morgan fingerprint density at radius 1 is 1.14 bits per heavy atom. The predicted octanol–water partition coefficient (Wildman–Crippen LogP) is 5.00. The van der Waals surface area contributed by atoms with Crippen molar-refractivity contribution in [2.45, 2.75) is 56.3 Å². The van der Waals surface area contributed by atoms with Crippen LogP contribution < -0.4 is 5.32 Å². The molecule has 2 saturated heterocycles. The normalized spacial score (nSPS) is 22.1. The average molecular weight is 505 g/mol. The monoisotopic (exact) mass is 504 g/mol. The summed E-state index contributed by atoms with van der Waals surface area (Å²) in [5.41, 5.74) is -1.22. The quantitative estimate of drug-likeness (QED) is 0.540. The molecule has 0 spiro atoms. The van der Waals surface area contributed by atoms with Gasteiger partial charge in [-0.05, 0) is 55.4 Å². The first-order valence-electron chi connectivity index (χ1n) is 12.2. The lowest BCUT2D eigenvalue weighted by atomic mass is 9.92. The Bertz CT molecular complexity index is 1170. The summed E-state index contributed by atoms with van der Waals surface area (Å²) in [6.45, 7) is 0.953. The van der Waals surface area contributed by atoms with Crippen LogP contribution >= 0.6 is 0 Å². The molecule has 3 fully saturated rings. The van der Waals surface area contributed by atoms with Crippen molar-refractivity contribution < 1.29 is 31.9 Å². The number of benzene rings is 2. The summed E-state index contributed by atoms with van der Waals surface area (Å²) in [7, 11) is 0. The van der Waals surface area contributed by atoms with Crippen molar-refractivity contribution in [2.75, 3.05) is 19.8 Å². The molecule has 1 saturated carbocycles. The van der Waals surface area contributed by atoms with Gasteiger partial charge in [-0.15, -0.1) is 0 Å². The number of likely N-dealkylation sites (tertiary alicyclic amines) is 1. The van der Waals surface area contributed by atoms with Crippen LogP contribution in [-0.2, 0) is 21.1 Å². The minimum atomic E-state index is -3.17. The summed E-state index contributed by atoms with van der Waals surface area (Å²) in [5, 5.41) is 2.89. The van der Waals surface area contributed by atoms with E-state index in [9.17, 15) is 27.2 Å². The van der Waals surface area contributed by atoms with Gasteiger partial charge in [0.1, 0.15) is 11.9 Å². The average Bonchev–Trinajstić information content (AvgIpc) is 3.55. The lowest BCUT2D eigenvalue weighted by Gasteiger charge is -2.34. The highest BCUT2D eigenvalue weighted by Crippen LogP contribution is 2.43. The Balaban J connectivity index is 1.33. The third-order valence-corrected chi connectivity index (χ3v) is 7.34. The smallest absolute Gasteiger partial charge is 0.270 e. The van der Waals surface area contributed by atoms with Crippen LogP contribution in [0.5, 0.6) is 0 Å². The molecule has 0 unspecified atom stereocenters. The van der Waals surface area contributed by atoms with Crippen LogP contribution in [-0.4, -0.2) is 42.5 Å². The molecule has 2 aromatic carbocycles. The van der Waals surface area contributed by atoms with Gasteiger partial charge in [-0.1, -0.05) is 24.3 Å².